The highest BCUT2D eigenvalue weighted by Crippen LogP contribution is 2.20. The second-order valence-corrected chi connectivity index (χ2v) is 6.26. The number of carbonyl (C=O) groups is 1. The molecule has 1 aromatic carbocycles. The van der Waals surface area contributed by atoms with E-state index in [1.54, 1.807) is 25.2 Å². The van der Waals surface area contributed by atoms with Gasteiger partial charge in [-0.25, -0.2) is 13.2 Å². The van der Waals surface area contributed by atoms with Crippen LogP contribution in [-0.2, 0) is 14.8 Å². The fourth-order valence-corrected chi connectivity index (χ4v) is 2.82. The smallest absolute Gasteiger partial charge is 0.340 e. The van der Waals surface area contributed by atoms with Gasteiger partial charge in [-0.05, 0) is 39.1 Å². The minimum absolute atomic E-state index is 0.0116. The van der Waals surface area contributed by atoms with Gasteiger partial charge in [-0.1, -0.05) is 11.6 Å². The summed E-state index contributed by atoms with van der Waals surface area (Å²) in [5, 5.41) is 2.88. The van der Waals surface area contributed by atoms with E-state index >= 15 is 0 Å². The average Bonchev–Trinajstić information content (AvgIpc) is 2.40. The Kier molecular flexibility index (Phi) is 5.97. The number of ether oxygens (including phenoxy) is 1. The van der Waals surface area contributed by atoms with E-state index < -0.39 is 16.0 Å². The molecule has 112 valence electrons. The van der Waals surface area contributed by atoms with Crippen molar-refractivity contribution in [2.24, 2.45) is 0 Å². The van der Waals surface area contributed by atoms with E-state index in [9.17, 15) is 13.2 Å². The first-order valence-corrected chi connectivity index (χ1v) is 7.89. The maximum Gasteiger partial charge on any atom is 0.340 e. The molecule has 0 fully saturated rings. The van der Waals surface area contributed by atoms with E-state index in [0.717, 1.165) is 5.56 Å². The van der Waals surface area contributed by atoms with Crippen molar-refractivity contribution in [1.82, 2.24) is 5.32 Å². The van der Waals surface area contributed by atoms with Crippen molar-refractivity contribution in [3.63, 3.8) is 0 Å². The summed E-state index contributed by atoms with van der Waals surface area (Å²) in [7, 11) is -0.463. The Balaban J connectivity index is 2.94. The predicted octanol–water partition coefficient (Wildman–Crippen LogP) is 1.13. The lowest BCUT2D eigenvalue weighted by molar-refractivity contribution is 0.0602. The molecule has 0 aromatic heterocycles. The molecule has 0 aliphatic carbocycles. The Hall–Kier alpha value is -1.60. The molecule has 6 nitrogen and oxygen atoms in total. The quantitative estimate of drug-likeness (QED) is 0.582. The van der Waals surface area contributed by atoms with Crippen molar-refractivity contribution in [2.75, 3.05) is 31.2 Å². The SMILES string of the molecule is CNCCCS(=O)(=O)Nc1ccc(C)cc1C(=O)OC. The van der Waals surface area contributed by atoms with Gasteiger partial charge in [0.2, 0.25) is 10.0 Å². The van der Waals surface area contributed by atoms with E-state index in [2.05, 4.69) is 14.8 Å². The maximum atomic E-state index is 11.9. The van der Waals surface area contributed by atoms with E-state index in [4.69, 9.17) is 0 Å². The van der Waals surface area contributed by atoms with Crippen LogP contribution in [-0.4, -0.2) is 40.8 Å². The number of anilines is 1. The molecule has 0 radical (unpaired) electrons. The number of carbonyl (C=O) groups excluding carboxylic acids is 1. The first-order chi connectivity index (χ1) is 9.39. The van der Waals surface area contributed by atoms with Crippen LogP contribution in [0.1, 0.15) is 22.3 Å². The topological polar surface area (TPSA) is 84.5 Å². The Morgan fingerprint density at radius 3 is 2.65 bits per heavy atom. The van der Waals surface area contributed by atoms with Gasteiger partial charge < -0.3 is 10.1 Å². The van der Waals surface area contributed by atoms with E-state index in [0.29, 0.717) is 13.0 Å². The van der Waals surface area contributed by atoms with Crippen LogP contribution in [0.3, 0.4) is 0 Å². The predicted molar refractivity (Wildman–Crippen MR) is 78.5 cm³/mol. The van der Waals surface area contributed by atoms with E-state index in [1.807, 2.05) is 6.92 Å². The third-order valence-electron chi connectivity index (χ3n) is 2.69. The van der Waals surface area contributed by atoms with Gasteiger partial charge in [0.15, 0.2) is 0 Å². The van der Waals surface area contributed by atoms with Crippen molar-refractivity contribution < 1.29 is 17.9 Å². The molecule has 0 spiro atoms. The Labute approximate surface area is 119 Å². The number of esters is 1. The zero-order valence-corrected chi connectivity index (χ0v) is 12.7. The number of methoxy groups -OCH3 is 1. The molecule has 0 atom stereocenters. The zero-order chi connectivity index (χ0) is 15.2. The number of hydrogen-bond donors (Lipinski definition) is 2. The minimum Gasteiger partial charge on any atom is -0.465 e. The Bertz CT molecular complexity index is 570. The summed E-state index contributed by atoms with van der Waals surface area (Å²) in [6.07, 6.45) is 0.491. The number of rotatable bonds is 7. The summed E-state index contributed by atoms with van der Waals surface area (Å²) in [5.74, 6) is -0.580. The van der Waals surface area contributed by atoms with Gasteiger partial charge in [-0.2, -0.15) is 0 Å². The van der Waals surface area contributed by atoms with E-state index in [-0.39, 0.29) is 17.0 Å². The summed E-state index contributed by atoms with van der Waals surface area (Å²) in [6, 6.07) is 4.90. The lowest BCUT2D eigenvalue weighted by Crippen LogP contribution is -2.21. The number of aryl methyl sites for hydroxylation is 1. The fourth-order valence-electron chi connectivity index (χ4n) is 1.68. The van der Waals surface area contributed by atoms with Gasteiger partial charge in [0.25, 0.3) is 0 Å². The number of sulfonamides is 1. The van der Waals surface area contributed by atoms with Gasteiger partial charge >= 0.3 is 5.97 Å². The highest BCUT2D eigenvalue weighted by molar-refractivity contribution is 7.92. The molecule has 1 aromatic rings. The van der Waals surface area contributed by atoms with Crippen LogP contribution in [0, 0.1) is 6.92 Å². The summed E-state index contributed by atoms with van der Waals surface area (Å²) >= 11 is 0. The Morgan fingerprint density at radius 2 is 2.05 bits per heavy atom. The van der Waals surface area contributed by atoms with Gasteiger partial charge in [0, 0.05) is 0 Å². The molecule has 0 unspecified atom stereocenters. The normalized spacial score (nSPS) is 11.2. The van der Waals surface area contributed by atoms with Gasteiger partial charge in [-0.3, -0.25) is 4.72 Å². The van der Waals surface area contributed by atoms with Crippen LogP contribution >= 0.6 is 0 Å². The average molecular weight is 300 g/mol. The second-order valence-electron chi connectivity index (χ2n) is 4.42. The van der Waals surface area contributed by atoms with Crippen LogP contribution in [0.25, 0.3) is 0 Å². The highest BCUT2D eigenvalue weighted by atomic mass is 32.2. The lowest BCUT2D eigenvalue weighted by Gasteiger charge is -2.12. The van der Waals surface area contributed by atoms with Crippen molar-refractivity contribution in [2.45, 2.75) is 13.3 Å². The third-order valence-corrected chi connectivity index (χ3v) is 4.04. The molecular formula is C13H20N2O4S. The molecule has 20 heavy (non-hydrogen) atoms. The molecule has 0 saturated carbocycles. The van der Waals surface area contributed by atoms with E-state index in [1.165, 1.54) is 7.11 Å². The molecule has 1 rings (SSSR count). The van der Waals surface area contributed by atoms with Crippen LogP contribution in [0.2, 0.25) is 0 Å². The van der Waals surface area contributed by atoms with Crippen LogP contribution in [0.5, 0.6) is 0 Å². The highest BCUT2D eigenvalue weighted by Gasteiger charge is 2.17. The number of nitrogens with one attached hydrogen (secondary N) is 2. The number of hydrogen-bond acceptors (Lipinski definition) is 5. The second kappa shape index (κ2) is 7.25. The van der Waals surface area contributed by atoms with Crippen LogP contribution < -0.4 is 10.0 Å². The maximum absolute atomic E-state index is 11.9. The van der Waals surface area contributed by atoms with Gasteiger partial charge in [0.05, 0.1) is 24.1 Å². The zero-order valence-electron chi connectivity index (χ0n) is 11.9. The largest absolute Gasteiger partial charge is 0.465 e. The van der Waals surface area contributed by atoms with Crippen LogP contribution in [0.15, 0.2) is 18.2 Å². The molecule has 7 heteroatoms. The van der Waals surface area contributed by atoms with Crippen molar-refractivity contribution in [3.05, 3.63) is 29.3 Å². The summed E-state index contributed by atoms with van der Waals surface area (Å²) in [6.45, 7) is 2.43. The summed E-state index contributed by atoms with van der Waals surface area (Å²) < 4.78 is 31.0. The minimum atomic E-state index is -3.48. The fraction of sp³-hybridized carbons (Fsp3) is 0.462. The summed E-state index contributed by atoms with van der Waals surface area (Å²) in [4.78, 5) is 11.7. The van der Waals surface area contributed by atoms with Gasteiger partial charge in [0.1, 0.15) is 0 Å². The molecule has 0 heterocycles. The monoisotopic (exact) mass is 300 g/mol. The Morgan fingerprint density at radius 1 is 1.35 bits per heavy atom. The molecule has 0 aliphatic rings. The number of benzene rings is 1. The molecule has 0 bridgehead atoms. The molecule has 0 aliphatic heterocycles. The standard InChI is InChI=1S/C13H20N2O4S/c1-10-5-6-12(11(9-10)13(16)19-3)15-20(17,18)8-4-7-14-2/h5-6,9,14-15H,4,7-8H2,1-3H3. The third kappa shape index (κ3) is 4.82. The van der Waals surface area contributed by atoms with Crippen molar-refractivity contribution in [3.8, 4) is 0 Å². The molecule has 0 amide bonds. The molecule has 0 saturated heterocycles. The summed E-state index contributed by atoms with van der Waals surface area (Å²) in [5.41, 5.74) is 1.31. The van der Waals surface area contributed by atoms with Gasteiger partial charge in [-0.15, -0.1) is 0 Å². The lowest BCUT2D eigenvalue weighted by atomic mass is 10.1. The van der Waals surface area contributed by atoms with Crippen molar-refractivity contribution in [1.29, 1.82) is 0 Å². The first kappa shape index (κ1) is 16.5. The first-order valence-electron chi connectivity index (χ1n) is 6.23. The van der Waals surface area contributed by atoms with Crippen LogP contribution in [0.4, 0.5) is 5.69 Å². The molecule has 2 N–H and O–H groups in total. The van der Waals surface area contributed by atoms with Crippen molar-refractivity contribution >= 4 is 21.7 Å². The molecular weight excluding hydrogens is 280 g/mol.